The third-order valence-corrected chi connectivity index (χ3v) is 12.0. The van der Waals surface area contributed by atoms with Crippen LogP contribution in [0.15, 0.2) is 36.7 Å². The summed E-state index contributed by atoms with van der Waals surface area (Å²) in [5.74, 6) is 0.502. The minimum atomic E-state index is -1.92. The fourth-order valence-electron chi connectivity index (χ4n) is 4.07. The maximum absolute atomic E-state index is 9.95. The molecule has 2 aromatic heterocycles. The summed E-state index contributed by atoms with van der Waals surface area (Å²) in [6.45, 7) is 18.8. The average molecular weight is 501 g/mol. The second-order valence-corrected chi connectivity index (χ2v) is 16.4. The fourth-order valence-corrected chi connectivity index (χ4v) is 5.18. The molecule has 1 aliphatic rings. The van der Waals surface area contributed by atoms with Gasteiger partial charge >= 0.3 is 0 Å². The third-order valence-electron chi connectivity index (χ3n) is 7.56. The first-order valence-electron chi connectivity index (χ1n) is 12.3. The van der Waals surface area contributed by atoms with E-state index in [-0.39, 0.29) is 10.5 Å². The summed E-state index contributed by atoms with van der Waals surface area (Å²) in [7, 11) is -1.92. The van der Waals surface area contributed by atoms with Gasteiger partial charge in [0.2, 0.25) is 5.95 Å². The molecule has 1 aromatic carbocycles. The molecule has 2 N–H and O–H groups in total. The molecule has 0 saturated heterocycles. The van der Waals surface area contributed by atoms with E-state index in [0.717, 1.165) is 46.0 Å². The van der Waals surface area contributed by atoms with Crippen molar-refractivity contribution in [2.45, 2.75) is 65.1 Å². The Morgan fingerprint density at radius 2 is 1.94 bits per heavy atom. The van der Waals surface area contributed by atoms with Crippen LogP contribution in [0.3, 0.4) is 0 Å². The predicted molar refractivity (Wildman–Crippen MR) is 148 cm³/mol. The zero-order chi connectivity index (χ0) is 26.3. The molecule has 7 nitrogen and oxygen atoms in total. The van der Waals surface area contributed by atoms with Crippen molar-refractivity contribution in [1.82, 2.24) is 15.0 Å². The summed E-state index contributed by atoms with van der Waals surface area (Å²) in [4.78, 5) is 13.5. The van der Waals surface area contributed by atoms with Gasteiger partial charge in [-0.2, -0.15) is 5.26 Å². The molecule has 1 aliphatic heterocycles. The van der Waals surface area contributed by atoms with Gasteiger partial charge in [0.15, 0.2) is 8.32 Å². The van der Waals surface area contributed by atoms with Gasteiger partial charge < -0.3 is 15.1 Å². The summed E-state index contributed by atoms with van der Waals surface area (Å²) in [5, 5.41) is 16.9. The highest BCUT2D eigenvalue weighted by atomic mass is 28.4. The Labute approximate surface area is 215 Å². The van der Waals surface area contributed by atoms with Crippen molar-refractivity contribution in [3.63, 3.8) is 0 Å². The molecule has 0 aliphatic carbocycles. The number of nitrogens with one attached hydrogen (secondary N) is 2. The van der Waals surface area contributed by atoms with Crippen LogP contribution < -0.4 is 10.6 Å². The van der Waals surface area contributed by atoms with Crippen molar-refractivity contribution in [3.05, 3.63) is 59.0 Å². The molecular formula is C28H36N6OSi. The Kier molecular flexibility index (Phi) is 6.67. The summed E-state index contributed by atoms with van der Waals surface area (Å²) in [6, 6.07) is 10.3. The van der Waals surface area contributed by atoms with Crippen LogP contribution in [0.1, 0.15) is 50.1 Å². The highest BCUT2D eigenvalue weighted by molar-refractivity contribution is 6.74. The maximum Gasteiger partial charge on any atom is 0.227 e. The number of nitriles is 1. The molecule has 0 fully saturated rings. The number of benzene rings is 1. The van der Waals surface area contributed by atoms with Gasteiger partial charge in [-0.15, -0.1) is 0 Å². The van der Waals surface area contributed by atoms with Crippen LogP contribution in [-0.2, 0) is 9.84 Å². The van der Waals surface area contributed by atoms with Gasteiger partial charge in [0, 0.05) is 47.9 Å². The number of hydrogen-bond donors (Lipinski definition) is 2. The van der Waals surface area contributed by atoms with E-state index in [1.165, 1.54) is 0 Å². The third kappa shape index (κ3) is 4.99. The summed E-state index contributed by atoms with van der Waals surface area (Å²) in [6.07, 6.45) is 3.58. The van der Waals surface area contributed by atoms with Crippen LogP contribution in [0.25, 0.3) is 11.3 Å². The zero-order valence-electron chi connectivity index (χ0n) is 22.6. The number of anilines is 3. The number of aromatic nitrogens is 3. The van der Waals surface area contributed by atoms with E-state index in [1.54, 1.807) is 6.20 Å². The van der Waals surface area contributed by atoms with Crippen LogP contribution >= 0.6 is 0 Å². The average Bonchev–Trinajstić information content (AvgIpc) is 3.16. The molecule has 0 bridgehead atoms. The summed E-state index contributed by atoms with van der Waals surface area (Å²) in [5.41, 5.74) is 6.88. The summed E-state index contributed by atoms with van der Waals surface area (Å²) < 4.78 is 6.64. The predicted octanol–water partition coefficient (Wildman–Crippen LogP) is 6.48. The van der Waals surface area contributed by atoms with Crippen molar-refractivity contribution in [1.29, 1.82) is 5.26 Å². The van der Waals surface area contributed by atoms with E-state index in [4.69, 9.17) is 9.41 Å². The van der Waals surface area contributed by atoms with E-state index in [0.29, 0.717) is 18.1 Å². The zero-order valence-corrected chi connectivity index (χ0v) is 23.6. The lowest BCUT2D eigenvalue weighted by Gasteiger charge is -2.39. The van der Waals surface area contributed by atoms with E-state index < -0.39 is 8.32 Å². The van der Waals surface area contributed by atoms with Crippen LogP contribution in [0.5, 0.6) is 0 Å². The van der Waals surface area contributed by atoms with E-state index in [1.807, 2.05) is 38.2 Å². The molecular weight excluding hydrogens is 464 g/mol. The monoisotopic (exact) mass is 500 g/mol. The topological polar surface area (TPSA) is 95.8 Å². The van der Waals surface area contributed by atoms with Crippen molar-refractivity contribution in [2.24, 2.45) is 0 Å². The Morgan fingerprint density at radius 1 is 1.19 bits per heavy atom. The van der Waals surface area contributed by atoms with E-state index >= 15 is 0 Å². The number of aryl methyl sites for hydroxylation is 2. The van der Waals surface area contributed by atoms with Gasteiger partial charge in [-0.3, -0.25) is 4.98 Å². The van der Waals surface area contributed by atoms with Crippen molar-refractivity contribution in [3.8, 4) is 17.3 Å². The van der Waals surface area contributed by atoms with Crippen LogP contribution in [-0.4, -0.2) is 36.4 Å². The first-order valence-corrected chi connectivity index (χ1v) is 15.2. The van der Waals surface area contributed by atoms with Crippen LogP contribution in [0, 0.1) is 25.2 Å². The molecule has 36 heavy (non-hydrogen) atoms. The normalized spacial score (nSPS) is 17.3. The van der Waals surface area contributed by atoms with Crippen molar-refractivity contribution < 1.29 is 4.43 Å². The van der Waals surface area contributed by atoms with Gasteiger partial charge in [-0.1, -0.05) is 27.7 Å². The number of rotatable bonds is 6. The minimum Gasteiger partial charge on any atom is -0.416 e. The molecule has 0 amide bonds. The minimum absolute atomic E-state index is 0.133. The molecule has 1 atom stereocenters. The Bertz CT molecular complexity index is 1340. The van der Waals surface area contributed by atoms with Crippen LogP contribution in [0.2, 0.25) is 18.1 Å². The lowest BCUT2D eigenvalue weighted by molar-refractivity contribution is 0.220. The van der Waals surface area contributed by atoms with Gasteiger partial charge in [-0.25, -0.2) is 9.97 Å². The van der Waals surface area contributed by atoms with Crippen LogP contribution in [0.4, 0.5) is 17.3 Å². The molecule has 0 unspecified atom stereocenters. The number of nitrogens with zero attached hydrogens (tertiary/aromatic N) is 4. The van der Waals surface area contributed by atoms with E-state index in [9.17, 15) is 5.26 Å². The molecule has 188 valence electrons. The molecule has 0 spiro atoms. The van der Waals surface area contributed by atoms with Crippen molar-refractivity contribution in [2.75, 3.05) is 23.8 Å². The number of hydrogen-bond acceptors (Lipinski definition) is 7. The largest absolute Gasteiger partial charge is 0.416 e. The Hall–Kier alpha value is -3.28. The maximum atomic E-state index is 9.95. The fraction of sp³-hybridized carbons (Fsp3) is 0.429. The first-order chi connectivity index (χ1) is 16.8. The first kappa shape index (κ1) is 25.8. The molecule has 4 rings (SSSR count). The van der Waals surface area contributed by atoms with Gasteiger partial charge in [-0.05, 0) is 67.4 Å². The molecule has 8 heteroatoms. The molecule has 3 heterocycles. The number of fused-ring (bicyclic) bond motifs is 1. The second-order valence-electron chi connectivity index (χ2n) is 11.6. The number of pyridine rings is 1. The lowest BCUT2D eigenvalue weighted by Crippen LogP contribution is -2.45. The standard InChI is InChI=1S/C28H36N6OSi/c1-18-15-31-19(2)11-24(18)34-26-30-10-9-23(33-26)20-12-21(14-29)25-22(13-20)28(6,16-32-25)17-35-36(7,8)27(3,4)5/h9-13,15,32H,16-17H2,1-8H3,(H,30,31,33,34)/t28-/m1/s1. The van der Waals surface area contributed by atoms with Gasteiger partial charge in [0.05, 0.1) is 16.9 Å². The lowest BCUT2D eigenvalue weighted by atomic mass is 9.83. The quantitative estimate of drug-likeness (QED) is 0.374. The van der Waals surface area contributed by atoms with Gasteiger partial charge in [0.25, 0.3) is 0 Å². The smallest absolute Gasteiger partial charge is 0.227 e. The highest BCUT2D eigenvalue weighted by Gasteiger charge is 2.42. The van der Waals surface area contributed by atoms with Crippen molar-refractivity contribution >= 4 is 25.6 Å². The Balaban J connectivity index is 1.68. The molecule has 0 radical (unpaired) electrons. The molecule has 0 saturated carbocycles. The SMILES string of the molecule is Cc1cc(Nc2nccc(-c3cc(C#N)c4c(c3)[C@@](C)(CO[Si](C)(C)C(C)(C)C)CN4)n2)c(C)cn1. The van der Waals surface area contributed by atoms with Gasteiger partial charge in [0.1, 0.15) is 6.07 Å². The summed E-state index contributed by atoms with van der Waals surface area (Å²) >= 11 is 0. The highest BCUT2D eigenvalue weighted by Crippen LogP contribution is 2.44. The molecule has 3 aromatic rings. The second kappa shape index (κ2) is 9.30. The van der Waals surface area contributed by atoms with E-state index in [2.05, 4.69) is 73.5 Å². The Morgan fingerprint density at radius 3 is 2.64 bits per heavy atom.